The third-order valence-corrected chi connectivity index (χ3v) is 4.55. The van der Waals surface area contributed by atoms with E-state index in [1.54, 1.807) is 13.0 Å². The molecule has 0 spiro atoms. The Hall–Kier alpha value is -2.62. The average molecular weight is 324 g/mol. The zero-order valence-corrected chi connectivity index (χ0v) is 13.8. The van der Waals surface area contributed by atoms with Gasteiger partial charge in [0.05, 0.1) is 6.42 Å². The molecule has 4 heteroatoms. The third kappa shape index (κ3) is 3.32. The van der Waals surface area contributed by atoms with Gasteiger partial charge in [-0.15, -0.1) is 0 Å². The van der Waals surface area contributed by atoms with Crippen molar-refractivity contribution in [3.05, 3.63) is 58.7 Å². The summed E-state index contributed by atoms with van der Waals surface area (Å²) in [6.07, 6.45) is 1.93. The largest absolute Gasteiger partial charge is 0.481 e. The van der Waals surface area contributed by atoms with Gasteiger partial charge in [-0.2, -0.15) is 0 Å². The number of carboxylic acid groups (broad SMARTS) is 1. The summed E-state index contributed by atoms with van der Waals surface area (Å²) in [7, 11) is 0. The van der Waals surface area contributed by atoms with E-state index >= 15 is 0 Å². The topological polar surface area (TPSA) is 63.6 Å². The molecule has 24 heavy (non-hydrogen) atoms. The van der Waals surface area contributed by atoms with Crippen LogP contribution in [-0.4, -0.2) is 16.9 Å². The summed E-state index contributed by atoms with van der Waals surface area (Å²) in [5.41, 5.74) is 3.86. The molecule has 0 amide bonds. The van der Waals surface area contributed by atoms with Crippen molar-refractivity contribution in [3.63, 3.8) is 0 Å². The molecule has 1 aliphatic carbocycles. The lowest BCUT2D eigenvalue weighted by Crippen LogP contribution is -2.03. The quantitative estimate of drug-likeness (QED) is 0.823. The maximum Gasteiger partial charge on any atom is 0.303 e. The highest BCUT2D eigenvalue weighted by molar-refractivity contribution is 5.94. The van der Waals surface area contributed by atoms with Gasteiger partial charge in [0, 0.05) is 5.56 Å². The van der Waals surface area contributed by atoms with Crippen LogP contribution in [-0.2, 0) is 11.2 Å². The number of carbonyl (C=O) groups is 2. The molecule has 0 saturated heterocycles. The molecule has 1 N–H and O–H groups in total. The molecule has 0 heterocycles. The van der Waals surface area contributed by atoms with E-state index < -0.39 is 5.97 Å². The van der Waals surface area contributed by atoms with Crippen molar-refractivity contribution in [2.45, 2.75) is 39.0 Å². The Morgan fingerprint density at radius 3 is 2.67 bits per heavy atom. The first-order valence-electron chi connectivity index (χ1n) is 8.08. The second-order valence-corrected chi connectivity index (χ2v) is 6.33. The summed E-state index contributed by atoms with van der Waals surface area (Å²) in [6, 6.07) is 11.3. The van der Waals surface area contributed by atoms with Crippen LogP contribution in [0.4, 0.5) is 0 Å². The molecule has 124 valence electrons. The van der Waals surface area contributed by atoms with Crippen LogP contribution in [0.1, 0.15) is 52.7 Å². The van der Waals surface area contributed by atoms with Crippen molar-refractivity contribution in [1.29, 1.82) is 0 Å². The first kappa shape index (κ1) is 16.2. The van der Waals surface area contributed by atoms with Crippen molar-refractivity contribution in [1.82, 2.24) is 0 Å². The van der Waals surface area contributed by atoms with Crippen molar-refractivity contribution in [2.24, 2.45) is 0 Å². The molecule has 0 aliphatic heterocycles. The maximum absolute atomic E-state index is 11.4. The lowest BCUT2D eigenvalue weighted by molar-refractivity contribution is -0.137. The van der Waals surface area contributed by atoms with Gasteiger partial charge in [-0.1, -0.05) is 6.07 Å². The fourth-order valence-electron chi connectivity index (χ4n) is 3.28. The monoisotopic (exact) mass is 324 g/mol. The van der Waals surface area contributed by atoms with Gasteiger partial charge >= 0.3 is 5.97 Å². The van der Waals surface area contributed by atoms with Crippen LogP contribution in [0.25, 0.3) is 0 Å². The van der Waals surface area contributed by atoms with E-state index in [9.17, 15) is 9.59 Å². The number of Topliss-reactive ketones (excluding diaryl/α,β-unsaturated/α-hetero) is 1. The normalized spacial score (nSPS) is 15.8. The van der Waals surface area contributed by atoms with Crippen molar-refractivity contribution < 1.29 is 19.4 Å². The molecular formula is C20H20O4. The lowest BCUT2D eigenvalue weighted by Gasteiger charge is -2.12. The average Bonchev–Trinajstić information content (AvgIpc) is 2.91. The molecular weight excluding hydrogens is 304 g/mol. The SMILES string of the molecule is CC(=O)c1ccc(Oc2ccc3c(c2)CC[C@H]3CC(=O)O)c(C)c1. The molecule has 0 aromatic heterocycles. The van der Waals surface area contributed by atoms with Crippen LogP contribution < -0.4 is 4.74 Å². The van der Waals surface area contributed by atoms with Crippen molar-refractivity contribution >= 4 is 11.8 Å². The third-order valence-electron chi connectivity index (χ3n) is 4.55. The standard InChI is InChI=1S/C20H20O4/c1-12-9-14(13(2)21)5-8-19(12)24-17-6-7-18-15(10-17)3-4-16(18)11-20(22)23/h5-10,16H,3-4,11H2,1-2H3,(H,22,23)/t16-/m0/s1. The molecule has 2 aromatic rings. The van der Waals surface area contributed by atoms with Gasteiger partial charge in [0.25, 0.3) is 0 Å². The minimum Gasteiger partial charge on any atom is -0.481 e. The fraction of sp³-hybridized carbons (Fsp3) is 0.300. The van der Waals surface area contributed by atoms with E-state index in [1.807, 2.05) is 37.3 Å². The summed E-state index contributed by atoms with van der Waals surface area (Å²) < 4.78 is 5.96. The van der Waals surface area contributed by atoms with Crippen LogP contribution in [0.15, 0.2) is 36.4 Å². The number of ketones is 1. The van der Waals surface area contributed by atoms with Crippen LogP contribution in [0.3, 0.4) is 0 Å². The minimum absolute atomic E-state index is 0.0339. The predicted octanol–water partition coefficient (Wildman–Crippen LogP) is 4.49. The lowest BCUT2D eigenvalue weighted by atomic mass is 9.98. The molecule has 0 fully saturated rings. The second kappa shape index (κ2) is 6.48. The number of carboxylic acids is 1. The Kier molecular flexibility index (Phi) is 4.38. The highest BCUT2D eigenvalue weighted by Crippen LogP contribution is 2.38. The van der Waals surface area contributed by atoms with Gasteiger partial charge in [-0.25, -0.2) is 0 Å². The smallest absolute Gasteiger partial charge is 0.303 e. The van der Waals surface area contributed by atoms with Crippen molar-refractivity contribution in [3.8, 4) is 11.5 Å². The molecule has 0 radical (unpaired) electrons. The summed E-state index contributed by atoms with van der Waals surface area (Å²) >= 11 is 0. The van der Waals surface area contributed by atoms with Crippen LogP contribution >= 0.6 is 0 Å². The Labute approximate surface area is 141 Å². The number of rotatable bonds is 5. The first-order valence-corrected chi connectivity index (χ1v) is 8.08. The summed E-state index contributed by atoms with van der Waals surface area (Å²) in [4.78, 5) is 22.4. The number of aryl methyl sites for hydroxylation is 2. The zero-order valence-electron chi connectivity index (χ0n) is 13.8. The molecule has 2 aromatic carbocycles. The Morgan fingerprint density at radius 2 is 2.00 bits per heavy atom. The number of carbonyl (C=O) groups excluding carboxylic acids is 1. The molecule has 1 aliphatic rings. The molecule has 1 atom stereocenters. The Bertz CT molecular complexity index is 807. The highest BCUT2D eigenvalue weighted by atomic mass is 16.5. The van der Waals surface area contributed by atoms with Crippen LogP contribution in [0.2, 0.25) is 0 Å². The molecule has 0 bridgehead atoms. The van der Waals surface area contributed by atoms with E-state index in [0.29, 0.717) is 5.56 Å². The van der Waals surface area contributed by atoms with Gasteiger partial charge in [0.15, 0.2) is 5.78 Å². The van der Waals surface area contributed by atoms with Gasteiger partial charge in [0.1, 0.15) is 11.5 Å². The van der Waals surface area contributed by atoms with Crippen LogP contribution in [0, 0.1) is 6.92 Å². The molecule has 4 nitrogen and oxygen atoms in total. The predicted molar refractivity (Wildman–Crippen MR) is 91.0 cm³/mol. The number of hydrogen-bond donors (Lipinski definition) is 1. The number of benzene rings is 2. The van der Waals surface area contributed by atoms with E-state index in [-0.39, 0.29) is 18.1 Å². The van der Waals surface area contributed by atoms with Crippen LogP contribution in [0.5, 0.6) is 11.5 Å². The number of hydrogen-bond acceptors (Lipinski definition) is 3. The zero-order chi connectivity index (χ0) is 17.3. The summed E-state index contributed by atoms with van der Waals surface area (Å²) in [5, 5.41) is 8.99. The van der Waals surface area contributed by atoms with Gasteiger partial charge in [-0.05, 0) is 79.6 Å². The van der Waals surface area contributed by atoms with Gasteiger partial charge in [-0.3, -0.25) is 9.59 Å². The summed E-state index contributed by atoms with van der Waals surface area (Å²) in [5.74, 6) is 0.840. The van der Waals surface area contributed by atoms with Gasteiger partial charge in [0.2, 0.25) is 0 Å². The van der Waals surface area contributed by atoms with E-state index in [1.165, 1.54) is 0 Å². The van der Waals surface area contributed by atoms with E-state index in [2.05, 4.69) is 0 Å². The fourth-order valence-corrected chi connectivity index (χ4v) is 3.28. The Morgan fingerprint density at radius 1 is 1.21 bits per heavy atom. The molecule has 3 rings (SSSR count). The Balaban J connectivity index is 1.80. The highest BCUT2D eigenvalue weighted by Gasteiger charge is 2.25. The van der Waals surface area contributed by atoms with E-state index in [4.69, 9.17) is 9.84 Å². The summed E-state index contributed by atoms with van der Waals surface area (Å²) in [6.45, 7) is 3.46. The van der Waals surface area contributed by atoms with Crippen molar-refractivity contribution in [2.75, 3.05) is 0 Å². The molecule has 0 unspecified atom stereocenters. The maximum atomic E-state index is 11.4. The number of fused-ring (bicyclic) bond motifs is 1. The number of aliphatic carboxylic acids is 1. The van der Waals surface area contributed by atoms with Gasteiger partial charge < -0.3 is 9.84 Å². The van der Waals surface area contributed by atoms with E-state index in [0.717, 1.165) is 41.0 Å². The minimum atomic E-state index is -0.755. The number of ether oxygens (including phenoxy) is 1. The molecule has 0 saturated carbocycles. The first-order chi connectivity index (χ1) is 11.4. The second-order valence-electron chi connectivity index (χ2n) is 6.33.